The lowest BCUT2D eigenvalue weighted by Gasteiger charge is -2.18. The Bertz CT molecular complexity index is 1290. The van der Waals surface area contributed by atoms with Gasteiger partial charge in [-0.25, -0.2) is 9.97 Å². The lowest BCUT2D eigenvalue weighted by atomic mass is 10.1. The van der Waals surface area contributed by atoms with Gasteiger partial charge in [0, 0.05) is 31.1 Å². The number of aromatic nitrogens is 2. The number of carbonyl (C=O) groups is 2. The van der Waals surface area contributed by atoms with Crippen molar-refractivity contribution in [3.8, 4) is 17.1 Å². The van der Waals surface area contributed by atoms with Crippen molar-refractivity contribution < 1.29 is 19.4 Å². The van der Waals surface area contributed by atoms with E-state index < -0.39 is 5.97 Å². The molecule has 1 heterocycles. The van der Waals surface area contributed by atoms with Crippen molar-refractivity contribution in [2.45, 2.75) is 19.4 Å². The highest BCUT2D eigenvalue weighted by Crippen LogP contribution is 2.29. The fourth-order valence-electron chi connectivity index (χ4n) is 3.60. The molecule has 0 bridgehead atoms. The maximum atomic E-state index is 13.0. The third kappa shape index (κ3) is 5.56. The summed E-state index contributed by atoms with van der Waals surface area (Å²) in [7, 11) is 1.76. The summed E-state index contributed by atoms with van der Waals surface area (Å²) in [6, 6.07) is 24.6. The van der Waals surface area contributed by atoms with E-state index in [1.807, 2.05) is 60.7 Å². The summed E-state index contributed by atoms with van der Waals surface area (Å²) >= 11 is 0. The Morgan fingerprint density at radius 3 is 2.32 bits per heavy atom. The molecule has 34 heavy (non-hydrogen) atoms. The number of nitrogens with zero attached hydrogens (tertiary/aromatic N) is 3. The van der Waals surface area contributed by atoms with E-state index in [1.165, 1.54) is 0 Å². The molecule has 0 aliphatic carbocycles. The van der Waals surface area contributed by atoms with E-state index in [1.54, 1.807) is 30.1 Å². The van der Waals surface area contributed by atoms with Gasteiger partial charge < -0.3 is 14.7 Å². The van der Waals surface area contributed by atoms with Crippen LogP contribution in [0.25, 0.3) is 22.3 Å². The lowest BCUT2D eigenvalue weighted by molar-refractivity contribution is -0.137. The van der Waals surface area contributed by atoms with Crippen molar-refractivity contribution in [2.24, 2.45) is 0 Å². The van der Waals surface area contributed by atoms with Crippen LogP contribution in [0.15, 0.2) is 78.9 Å². The molecule has 1 aromatic heterocycles. The zero-order chi connectivity index (χ0) is 23.9. The monoisotopic (exact) mass is 455 g/mol. The minimum absolute atomic E-state index is 0.00802. The standard InChI is InChI=1S/C27H25N3O4/c1-30(18-19-9-4-2-5-10-19)27(33)21-14-15-22-23(17-21)29-26(34-16-8-13-24(31)32)25(28-22)20-11-6-3-7-12-20/h2-7,9-12,14-15,17H,8,13,16,18H2,1H3,(H,31,32). The van der Waals surface area contributed by atoms with E-state index in [9.17, 15) is 9.59 Å². The summed E-state index contributed by atoms with van der Waals surface area (Å²) in [5.74, 6) is -0.686. The highest BCUT2D eigenvalue weighted by Gasteiger charge is 2.17. The fraction of sp³-hybridized carbons (Fsp3) is 0.185. The minimum atomic E-state index is -0.876. The van der Waals surface area contributed by atoms with Gasteiger partial charge in [0.05, 0.1) is 17.6 Å². The molecule has 1 N–H and O–H groups in total. The molecule has 7 heteroatoms. The predicted octanol–water partition coefficient (Wildman–Crippen LogP) is 4.81. The van der Waals surface area contributed by atoms with E-state index in [4.69, 9.17) is 14.8 Å². The van der Waals surface area contributed by atoms with E-state index in [-0.39, 0.29) is 18.9 Å². The molecule has 4 aromatic rings. The molecule has 0 fully saturated rings. The number of hydrogen-bond acceptors (Lipinski definition) is 5. The average molecular weight is 456 g/mol. The van der Waals surface area contributed by atoms with Crippen molar-refractivity contribution in [3.63, 3.8) is 0 Å². The molecular formula is C27H25N3O4. The number of carboxylic acids is 1. The van der Waals surface area contributed by atoms with Crippen LogP contribution in [0.4, 0.5) is 0 Å². The molecular weight excluding hydrogens is 430 g/mol. The highest BCUT2D eigenvalue weighted by molar-refractivity contribution is 5.97. The summed E-state index contributed by atoms with van der Waals surface area (Å²) in [4.78, 5) is 34.9. The number of rotatable bonds is 9. The van der Waals surface area contributed by atoms with Crippen LogP contribution in [-0.2, 0) is 11.3 Å². The van der Waals surface area contributed by atoms with Crippen molar-refractivity contribution in [1.82, 2.24) is 14.9 Å². The molecule has 0 radical (unpaired) electrons. The van der Waals surface area contributed by atoms with Crippen LogP contribution in [0.1, 0.15) is 28.8 Å². The van der Waals surface area contributed by atoms with Crippen molar-refractivity contribution >= 4 is 22.9 Å². The normalized spacial score (nSPS) is 10.7. The molecule has 3 aromatic carbocycles. The Balaban J connectivity index is 1.63. The predicted molar refractivity (Wildman–Crippen MR) is 130 cm³/mol. The Labute approximate surface area is 197 Å². The number of aliphatic carboxylic acids is 1. The maximum absolute atomic E-state index is 13.0. The van der Waals surface area contributed by atoms with Crippen LogP contribution < -0.4 is 4.74 Å². The second-order valence-electron chi connectivity index (χ2n) is 7.94. The Morgan fingerprint density at radius 1 is 0.912 bits per heavy atom. The number of amides is 1. The molecule has 0 aliphatic heterocycles. The molecule has 1 amide bonds. The van der Waals surface area contributed by atoms with Gasteiger partial charge >= 0.3 is 5.97 Å². The number of ether oxygens (including phenoxy) is 1. The van der Waals surface area contributed by atoms with E-state index in [0.717, 1.165) is 11.1 Å². The van der Waals surface area contributed by atoms with Gasteiger partial charge in [0.1, 0.15) is 5.69 Å². The second kappa shape index (κ2) is 10.6. The third-order valence-electron chi connectivity index (χ3n) is 5.31. The van der Waals surface area contributed by atoms with Gasteiger partial charge in [-0.2, -0.15) is 0 Å². The topological polar surface area (TPSA) is 92.6 Å². The van der Waals surface area contributed by atoms with E-state index in [2.05, 4.69) is 4.98 Å². The largest absolute Gasteiger partial charge is 0.481 e. The molecule has 172 valence electrons. The molecule has 4 rings (SSSR count). The highest BCUT2D eigenvalue weighted by atomic mass is 16.5. The molecule has 0 saturated heterocycles. The zero-order valence-electron chi connectivity index (χ0n) is 18.8. The van der Waals surface area contributed by atoms with Gasteiger partial charge in [-0.3, -0.25) is 9.59 Å². The molecule has 0 atom stereocenters. The first-order valence-electron chi connectivity index (χ1n) is 11.0. The first-order chi connectivity index (χ1) is 16.5. The maximum Gasteiger partial charge on any atom is 0.303 e. The van der Waals surface area contributed by atoms with Crippen LogP contribution in [0.3, 0.4) is 0 Å². The zero-order valence-corrected chi connectivity index (χ0v) is 18.8. The van der Waals surface area contributed by atoms with Gasteiger partial charge in [-0.1, -0.05) is 60.7 Å². The van der Waals surface area contributed by atoms with Crippen molar-refractivity contribution in [1.29, 1.82) is 0 Å². The van der Waals surface area contributed by atoms with Gasteiger partial charge in [0.25, 0.3) is 5.91 Å². The number of fused-ring (bicyclic) bond motifs is 1. The van der Waals surface area contributed by atoms with Crippen LogP contribution in [0.2, 0.25) is 0 Å². The van der Waals surface area contributed by atoms with E-state index in [0.29, 0.717) is 41.1 Å². The molecule has 0 saturated carbocycles. The summed E-state index contributed by atoms with van der Waals surface area (Å²) < 4.78 is 5.84. The summed E-state index contributed by atoms with van der Waals surface area (Å²) in [5, 5.41) is 8.89. The summed E-state index contributed by atoms with van der Waals surface area (Å²) in [6.45, 7) is 0.693. The molecule has 0 unspecified atom stereocenters. The minimum Gasteiger partial charge on any atom is -0.481 e. The van der Waals surface area contributed by atoms with Crippen LogP contribution in [0.5, 0.6) is 5.88 Å². The quantitative estimate of drug-likeness (QED) is 0.364. The van der Waals surface area contributed by atoms with Gasteiger partial charge in [-0.05, 0) is 30.2 Å². The molecule has 0 aliphatic rings. The van der Waals surface area contributed by atoms with Gasteiger partial charge in [0.15, 0.2) is 0 Å². The Morgan fingerprint density at radius 2 is 1.62 bits per heavy atom. The SMILES string of the molecule is CN(Cc1ccccc1)C(=O)c1ccc2nc(-c3ccccc3)c(OCCCC(=O)O)nc2c1. The number of benzene rings is 3. The fourth-order valence-corrected chi connectivity index (χ4v) is 3.60. The smallest absolute Gasteiger partial charge is 0.303 e. The lowest BCUT2D eigenvalue weighted by Crippen LogP contribution is -2.26. The Kier molecular flexibility index (Phi) is 7.13. The third-order valence-corrected chi connectivity index (χ3v) is 5.31. The van der Waals surface area contributed by atoms with Crippen LogP contribution in [-0.4, -0.2) is 45.5 Å². The number of carbonyl (C=O) groups excluding carboxylic acids is 1. The van der Waals surface area contributed by atoms with Crippen molar-refractivity contribution in [3.05, 3.63) is 90.0 Å². The molecule has 7 nitrogen and oxygen atoms in total. The van der Waals surface area contributed by atoms with Crippen molar-refractivity contribution in [2.75, 3.05) is 13.7 Å². The Hall–Kier alpha value is -4.26. The molecule has 0 spiro atoms. The van der Waals surface area contributed by atoms with Crippen LogP contribution in [0, 0.1) is 0 Å². The number of hydrogen-bond donors (Lipinski definition) is 1. The first kappa shape index (κ1) is 22.9. The first-order valence-corrected chi connectivity index (χ1v) is 11.0. The second-order valence-corrected chi connectivity index (χ2v) is 7.94. The van der Waals surface area contributed by atoms with Gasteiger partial charge in [0.2, 0.25) is 5.88 Å². The summed E-state index contributed by atoms with van der Waals surface area (Å²) in [5.41, 5.74) is 4.13. The van der Waals surface area contributed by atoms with Crippen LogP contribution >= 0.6 is 0 Å². The van der Waals surface area contributed by atoms with E-state index >= 15 is 0 Å². The average Bonchev–Trinajstić information content (AvgIpc) is 2.86. The number of carboxylic acid groups (broad SMARTS) is 1. The van der Waals surface area contributed by atoms with Gasteiger partial charge in [-0.15, -0.1) is 0 Å². The summed E-state index contributed by atoms with van der Waals surface area (Å²) in [6.07, 6.45) is 0.361.